The molecule has 1 unspecified atom stereocenters. The third-order valence-corrected chi connectivity index (χ3v) is 13.6. The van der Waals surface area contributed by atoms with Crippen molar-refractivity contribution in [1.82, 2.24) is 26.2 Å². The summed E-state index contributed by atoms with van der Waals surface area (Å²) in [5, 5.41) is 11.8. The van der Waals surface area contributed by atoms with Gasteiger partial charge in [-0.05, 0) is 76.5 Å². The minimum absolute atomic E-state index is 0.0308. The first-order chi connectivity index (χ1) is 23.1. The molecule has 3 aliphatic rings. The molecule has 5 amide bonds. The zero-order valence-corrected chi connectivity index (χ0v) is 32.9. The highest BCUT2D eigenvalue weighted by molar-refractivity contribution is 7.92. The van der Waals surface area contributed by atoms with E-state index in [0.29, 0.717) is 38.4 Å². The van der Waals surface area contributed by atoms with E-state index in [1.165, 1.54) is 4.90 Å². The number of likely N-dealkylation sites (tertiary alicyclic amines) is 1. The second-order valence-corrected chi connectivity index (χ2v) is 20.4. The van der Waals surface area contributed by atoms with Gasteiger partial charge in [0.1, 0.15) is 23.9 Å². The van der Waals surface area contributed by atoms with Crippen LogP contribution in [0.2, 0.25) is 0 Å². The second kappa shape index (κ2) is 16.3. The van der Waals surface area contributed by atoms with Crippen LogP contribution in [0.1, 0.15) is 139 Å². The highest BCUT2D eigenvalue weighted by Crippen LogP contribution is 2.35. The number of urea groups is 1. The van der Waals surface area contributed by atoms with Crippen molar-refractivity contribution in [2.75, 3.05) is 12.3 Å². The fraction of sp³-hybridized carbons (Fsp3) is 0.865. The minimum Gasteiger partial charge on any atom is -0.353 e. The molecule has 0 aromatic carbocycles. The summed E-state index contributed by atoms with van der Waals surface area (Å²) in [6, 6.07) is -2.46. The van der Waals surface area contributed by atoms with Crippen molar-refractivity contribution < 1.29 is 32.4 Å². The molecule has 4 atom stereocenters. The zero-order chi connectivity index (χ0) is 37.7. The van der Waals surface area contributed by atoms with Gasteiger partial charge in [-0.2, -0.15) is 0 Å². The third-order valence-electron chi connectivity index (χ3n) is 10.8. The predicted molar refractivity (Wildman–Crippen MR) is 195 cm³/mol. The largest absolute Gasteiger partial charge is 0.353 e. The zero-order valence-electron chi connectivity index (χ0n) is 32.1. The van der Waals surface area contributed by atoms with Crippen LogP contribution in [-0.4, -0.2) is 89.6 Å². The lowest BCUT2D eigenvalue weighted by atomic mass is 9.83. The standard InChI is InChI=1S/C37H65N5O7S/c1-10-11-18-37(23-43,22-28(44)38-26-15-16-26)40-31(45)29-27(25(2)3)17-21-42(29)32(46)30(34(4,5)6)39-33(47)41-36(19-13-12-14-20-36)24-50(48,49)35(7,8)9/h23,25-27,29-30H,10-22,24H2,1-9H3,(H,38,44)(H,40,45)(H2,39,41,47)/t27?,29-,30+,37-/m0/s1. The third kappa shape index (κ3) is 10.7. The van der Waals surface area contributed by atoms with E-state index < -0.39 is 61.0 Å². The van der Waals surface area contributed by atoms with Gasteiger partial charge in [0.2, 0.25) is 17.7 Å². The van der Waals surface area contributed by atoms with Crippen molar-refractivity contribution >= 4 is 39.9 Å². The molecule has 0 spiro atoms. The van der Waals surface area contributed by atoms with Crippen LogP contribution >= 0.6 is 0 Å². The Bertz CT molecular complexity index is 1340. The monoisotopic (exact) mass is 723 g/mol. The lowest BCUT2D eigenvalue weighted by Crippen LogP contribution is -2.64. The Morgan fingerprint density at radius 2 is 1.58 bits per heavy atom. The van der Waals surface area contributed by atoms with E-state index in [1.807, 2.05) is 41.5 Å². The number of rotatable bonds is 15. The molecule has 0 aromatic heterocycles. The van der Waals surface area contributed by atoms with Crippen LogP contribution in [0, 0.1) is 17.3 Å². The molecule has 4 N–H and O–H groups in total. The maximum Gasteiger partial charge on any atom is 0.315 e. The molecule has 0 bridgehead atoms. The fourth-order valence-electron chi connectivity index (χ4n) is 7.36. The summed E-state index contributed by atoms with van der Waals surface area (Å²) < 4.78 is 25.7. The SMILES string of the molecule is CCCC[C@@](C=O)(CC(=O)NC1CC1)NC(=O)[C@@H]1C(C(C)C)CCN1C(=O)[C@@H](NC(=O)NC1(CS(=O)(=O)C(C)(C)C)CCCCC1)C(C)(C)C. The minimum atomic E-state index is -3.56. The van der Waals surface area contributed by atoms with Crippen LogP contribution in [-0.2, 0) is 29.0 Å². The van der Waals surface area contributed by atoms with Crippen LogP contribution in [0.15, 0.2) is 0 Å². The van der Waals surface area contributed by atoms with Crippen LogP contribution in [0.3, 0.4) is 0 Å². The molecule has 2 saturated carbocycles. The smallest absolute Gasteiger partial charge is 0.315 e. The topological polar surface area (TPSA) is 171 Å². The molecule has 3 rings (SSSR count). The van der Waals surface area contributed by atoms with Crippen LogP contribution in [0.25, 0.3) is 0 Å². The van der Waals surface area contributed by atoms with E-state index in [2.05, 4.69) is 21.3 Å². The number of hydrogen-bond acceptors (Lipinski definition) is 7. The highest BCUT2D eigenvalue weighted by atomic mass is 32.2. The van der Waals surface area contributed by atoms with E-state index in [-0.39, 0.29) is 42.5 Å². The maximum atomic E-state index is 14.5. The molecule has 286 valence electrons. The Hall–Kier alpha value is -2.70. The van der Waals surface area contributed by atoms with E-state index in [4.69, 9.17) is 0 Å². The molecule has 1 saturated heterocycles. The first kappa shape index (κ1) is 41.7. The lowest BCUT2D eigenvalue weighted by molar-refractivity contribution is -0.144. The Balaban J connectivity index is 1.88. The number of sulfone groups is 1. The Morgan fingerprint density at radius 1 is 0.960 bits per heavy atom. The predicted octanol–water partition coefficient (Wildman–Crippen LogP) is 4.40. The summed E-state index contributed by atoms with van der Waals surface area (Å²) in [5.41, 5.74) is -3.13. The van der Waals surface area contributed by atoms with Crippen molar-refractivity contribution in [3.63, 3.8) is 0 Å². The molecule has 50 heavy (non-hydrogen) atoms. The summed E-state index contributed by atoms with van der Waals surface area (Å²) in [6.45, 7) is 16.7. The Labute approximate surface area is 300 Å². The average molecular weight is 724 g/mol. The van der Waals surface area contributed by atoms with Gasteiger partial charge >= 0.3 is 6.03 Å². The van der Waals surface area contributed by atoms with Crippen LogP contribution in [0.4, 0.5) is 4.79 Å². The van der Waals surface area contributed by atoms with Gasteiger partial charge in [-0.3, -0.25) is 14.4 Å². The molecule has 0 aromatic rings. The van der Waals surface area contributed by atoms with Crippen molar-refractivity contribution in [2.24, 2.45) is 17.3 Å². The Kier molecular flexibility index (Phi) is 13.6. The first-order valence-corrected chi connectivity index (χ1v) is 20.4. The van der Waals surface area contributed by atoms with Gasteiger partial charge in [0, 0.05) is 12.6 Å². The number of nitrogens with one attached hydrogen (secondary N) is 4. The van der Waals surface area contributed by atoms with E-state index in [1.54, 1.807) is 20.8 Å². The van der Waals surface area contributed by atoms with Crippen molar-refractivity contribution in [3.8, 4) is 0 Å². The fourth-order valence-corrected chi connectivity index (χ4v) is 8.89. The molecule has 13 heteroatoms. The molecule has 2 aliphatic carbocycles. The molecule has 0 radical (unpaired) electrons. The number of carbonyl (C=O) groups is 5. The molecular weight excluding hydrogens is 659 g/mol. The van der Waals surface area contributed by atoms with Gasteiger partial charge in [0.25, 0.3) is 0 Å². The molecule has 1 aliphatic heterocycles. The quantitative estimate of drug-likeness (QED) is 0.182. The van der Waals surface area contributed by atoms with Crippen molar-refractivity contribution in [2.45, 2.75) is 173 Å². The van der Waals surface area contributed by atoms with Crippen molar-refractivity contribution in [3.05, 3.63) is 0 Å². The van der Waals surface area contributed by atoms with Gasteiger partial charge in [-0.1, -0.05) is 73.6 Å². The first-order valence-electron chi connectivity index (χ1n) is 18.8. The van der Waals surface area contributed by atoms with E-state index in [0.717, 1.165) is 38.5 Å². The number of aldehydes is 1. The summed E-state index contributed by atoms with van der Waals surface area (Å²) >= 11 is 0. The van der Waals surface area contributed by atoms with Gasteiger partial charge in [-0.25, -0.2) is 13.2 Å². The van der Waals surface area contributed by atoms with Crippen LogP contribution in [0.5, 0.6) is 0 Å². The second-order valence-electron chi connectivity index (χ2n) is 17.7. The number of unbranched alkanes of at least 4 members (excludes halogenated alkanes) is 1. The molecular formula is C37H65N5O7S. The molecule has 3 fully saturated rings. The Morgan fingerprint density at radius 3 is 2.08 bits per heavy atom. The molecule has 12 nitrogen and oxygen atoms in total. The summed E-state index contributed by atoms with van der Waals surface area (Å²) in [7, 11) is -3.56. The van der Waals surface area contributed by atoms with Gasteiger partial charge in [-0.15, -0.1) is 0 Å². The highest BCUT2D eigenvalue weighted by Gasteiger charge is 2.49. The van der Waals surface area contributed by atoms with Gasteiger partial charge in [0.05, 0.1) is 22.5 Å². The van der Waals surface area contributed by atoms with Gasteiger partial charge < -0.3 is 31.0 Å². The normalized spacial score (nSPS) is 23.0. The summed E-state index contributed by atoms with van der Waals surface area (Å²) in [6.07, 6.45) is 8.09. The number of hydrogen-bond donors (Lipinski definition) is 4. The number of carbonyl (C=O) groups excluding carboxylic acids is 5. The summed E-state index contributed by atoms with van der Waals surface area (Å²) in [4.78, 5) is 69.7. The number of nitrogens with zero attached hydrogens (tertiary/aromatic N) is 1. The lowest BCUT2D eigenvalue weighted by Gasteiger charge is -2.41. The maximum absolute atomic E-state index is 14.5. The summed E-state index contributed by atoms with van der Waals surface area (Å²) in [5.74, 6) is -1.56. The van der Waals surface area contributed by atoms with E-state index in [9.17, 15) is 32.4 Å². The van der Waals surface area contributed by atoms with Crippen LogP contribution < -0.4 is 21.3 Å². The van der Waals surface area contributed by atoms with Gasteiger partial charge in [0.15, 0.2) is 9.84 Å². The number of amides is 5. The van der Waals surface area contributed by atoms with E-state index >= 15 is 0 Å². The average Bonchev–Trinajstić information content (AvgIpc) is 3.69. The molecule has 1 heterocycles. The van der Waals surface area contributed by atoms with Crippen molar-refractivity contribution in [1.29, 1.82) is 0 Å².